The number of halogens is 3. The van der Waals surface area contributed by atoms with Crippen molar-refractivity contribution in [3.63, 3.8) is 0 Å². The third-order valence-electron chi connectivity index (χ3n) is 3.37. The average molecular weight is 417 g/mol. The number of hydrogen-bond donors (Lipinski definition) is 2. The number of sulfonamides is 1. The number of pyridine rings is 2. The second-order valence-corrected chi connectivity index (χ2v) is 7.70. The Morgan fingerprint density at radius 1 is 1.11 bits per heavy atom. The van der Waals surface area contributed by atoms with Crippen LogP contribution in [0, 0.1) is 0 Å². The van der Waals surface area contributed by atoms with Crippen LogP contribution in [-0.4, -0.2) is 41.7 Å². The minimum absolute atomic E-state index is 0.0123. The molecule has 0 saturated carbocycles. The standard InChI is InChI=1S/C16H18F3N5O3S/c1-28(26,27)22-9-13-6-5-12(8-21-13)10-24(23-15(25)16(17,18)19)11-14-4-2-3-7-20-14/h2-8,22H,9-11H2,1H3,(H,23,25). The fourth-order valence-corrected chi connectivity index (χ4v) is 2.52. The summed E-state index contributed by atoms with van der Waals surface area (Å²) < 4.78 is 62.3. The summed E-state index contributed by atoms with van der Waals surface area (Å²) in [6.07, 6.45) is -1.13. The summed E-state index contributed by atoms with van der Waals surface area (Å²) in [5.41, 5.74) is 3.24. The summed E-state index contributed by atoms with van der Waals surface area (Å²) in [5, 5.41) is 1.07. The van der Waals surface area contributed by atoms with Crippen molar-refractivity contribution >= 4 is 15.9 Å². The lowest BCUT2D eigenvalue weighted by atomic mass is 10.2. The molecule has 0 unspecified atom stereocenters. The maximum Gasteiger partial charge on any atom is 0.472 e. The van der Waals surface area contributed by atoms with E-state index in [1.54, 1.807) is 24.3 Å². The molecule has 2 rings (SSSR count). The lowest BCUT2D eigenvalue weighted by Gasteiger charge is -2.23. The van der Waals surface area contributed by atoms with Crippen LogP contribution in [0.15, 0.2) is 42.7 Å². The van der Waals surface area contributed by atoms with Crippen LogP contribution in [0.5, 0.6) is 0 Å². The number of nitrogens with zero attached hydrogens (tertiary/aromatic N) is 3. The first kappa shape index (κ1) is 21.7. The van der Waals surface area contributed by atoms with Crippen molar-refractivity contribution in [3.8, 4) is 0 Å². The smallest absolute Gasteiger partial charge is 0.280 e. The van der Waals surface area contributed by atoms with Gasteiger partial charge in [-0.25, -0.2) is 18.1 Å². The lowest BCUT2D eigenvalue weighted by Crippen LogP contribution is -2.47. The van der Waals surface area contributed by atoms with Crippen LogP contribution in [0.2, 0.25) is 0 Å². The van der Waals surface area contributed by atoms with Crippen molar-refractivity contribution in [2.45, 2.75) is 25.8 Å². The summed E-state index contributed by atoms with van der Waals surface area (Å²) in [4.78, 5) is 19.4. The normalized spacial score (nSPS) is 12.2. The zero-order valence-electron chi connectivity index (χ0n) is 14.8. The zero-order chi connectivity index (χ0) is 20.8. The number of aromatic nitrogens is 2. The van der Waals surface area contributed by atoms with Gasteiger partial charge in [0.15, 0.2) is 0 Å². The molecule has 2 aromatic heterocycles. The summed E-state index contributed by atoms with van der Waals surface area (Å²) in [6.45, 7) is -0.132. The molecule has 12 heteroatoms. The van der Waals surface area contributed by atoms with Gasteiger partial charge in [0.05, 0.1) is 30.7 Å². The van der Waals surface area contributed by atoms with Crippen LogP contribution in [-0.2, 0) is 34.5 Å². The van der Waals surface area contributed by atoms with E-state index in [1.165, 1.54) is 18.5 Å². The van der Waals surface area contributed by atoms with Gasteiger partial charge in [-0.3, -0.25) is 20.2 Å². The average Bonchev–Trinajstić information content (AvgIpc) is 2.60. The number of carbonyl (C=O) groups is 1. The molecule has 2 aromatic rings. The van der Waals surface area contributed by atoms with E-state index in [0.29, 0.717) is 17.0 Å². The van der Waals surface area contributed by atoms with Gasteiger partial charge >= 0.3 is 12.1 Å². The number of nitrogens with one attached hydrogen (secondary N) is 2. The maximum atomic E-state index is 12.6. The summed E-state index contributed by atoms with van der Waals surface area (Å²) in [6, 6.07) is 8.08. The zero-order valence-corrected chi connectivity index (χ0v) is 15.6. The SMILES string of the molecule is CS(=O)(=O)NCc1ccc(CN(Cc2ccccn2)NC(=O)C(F)(F)F)cn1. The topological polar surface area (TPSA) is 104 Å². The van der Waals surface area contributed by atoms with Crippen molar-refractivity contribution in [2.75, 3.05) is 6.26 Å². The quantitative estimate of drug-likeness (QED) is 0.624. The van der Waals surface area contributed by atoms with Gasteiger partial charge in [-0.2, -0.15) is 13.2 Å². The number of hydrazine groups is 1. The minimum atomic E-state index is -5.03. The molecule has 0 aromatic carbocycles. The Bertz CT molecular complexity index is 890. The molecular formula is C16H18F3N5O3S. The molecule has 2 N–H and O–H groups in total. The highest BCUT2D eigenvalue weighted by atomic mass is 32.2. The van der Waals surface area contributed by atoms with E-state index in [1.807, 2.05) is 5.43 Å². The fraction of sp³-hybridized carbons (Fsp3) is 0.312. The predicted octanol–water partition coefficient (Wildman–Crippen LogP) is 1.12. The van der Waals surface area contributed by atoms with Gasteiger partial charge in [0.2, 0.25) is 10.0 Å². The van der Waals surface area contributed by atoms with Crippen molar-refractivity contribution < 1.29 is 26.4 Å². The molecule has 0 radical (unpaired) electrons. The maximum absolute atomic E-state index is 12.6. The molecule has 0 aliphatic heterocycles. The van der Waals surface area contributed by atoms with Crippen LogP contribution in [0.25, 0.3) is 0 Å². The van der Waals surface area contributed by atoms with E-state index in [4.69, 9.17) is 0 Å². The monoisotopic (exact) mass is 417 g/mol. The van der Waals surface area contributed by atoms with E-state index in [9.17, 15) is 26.4 Å². The van der Waals surface area contributed by atoms with Crippen LogP contribution in [0.1, 0.15) is 17.0 Å². The van der Waals surface area contributed by atoms with Crippen LogP contribution in [0.3, 0.4) is 0 Å². The third kappa shape index (κ3) is 7.58. The Balaban J connectivity index is 2.09. The lowest BCUT2D eigenvalue weighted by molar-refractivity contribution is -0.179. The molecular weight excluding hydrogens is 399 g/mol. The Morgan fingerprint density at radius 2 is 1.86 bits per heavy atom. The van der Waals surface area contributed by atoms with Gasteiger partial charge in [-0.05, 0) is 23.8 Å². The second kappa shape index (κ2) is 9.08. The molecule has 1 amide bonds. The van der Waals surface area contributed by atoms with Crippen LogP contribution in [0.4, 0.5) is 13.2 Å². The first-order valence-electron chi connectivity index (χ1n) is 7.94. The Morgan fingerprint density at radius 3 is 2.39 bits per heavy atom. The molecule has 0 saturated heterocycles. The first-order valence-corrected chi connectivity index (χ1v) is 9.83. The molecule has 0 bridgehead atoms. The van der Waals surface area contributed by atoms with Crippen molar-refractivity contribution in [2.24, 2.45) is 0 Å². The van der Waals surface area contributed by atoms with Gasteiger partial charge in [-0.15, -0.1) is 0 Å². The highest BCUT2D eigenvalue weighted by Crippen LogP contribution is 2.15. The van der Waals surface area contributed by atoms with Crippen LogP contribution >= 0.6 is 0 Å². The molecule has 8 nitrogen and oxygen atoms in total. The molecule has 28 heavy (non-hydrogen) atoms. The number of rotatable bonds is 8. The highest BCUT2D eigenvalue weighted by Gasteiger charge is 2.39. The van der Waals surface area contributed by atoms with Gasteiger partial charge in [0.25, 0.3) is 0 Å². The van der Waals surface area contributed by atoms with Gasteiger partial charge in [0.1, 0.15) is 0 Å². The molecule has 0 aliphatic carbocycles. The van der Waals surface area contributed by atoms with Gasteiger partial charge in [-0.1, -0.05) is 12.1 Å². The number of carbonyl (C=O) groups excluding carboxylic acids is 1. The summed E-state index contributed by atoms with van der Waals surface area (Å²) >= 11 is 0. The Hall–Kier alpha value is -2.57. The van der Waals surface area contributed by atoms with E-state index in [-0.39, 0.29) is 19.6 Å². The molecule has 0 aliphatic rings. The second-order valence-electron chi connectivity index (χ2n) is 5.87. The third-order valence-corrected chi connectivity index (χ3v) is 4.04. The van der Waals surface area contributed by atoms with E-state index < -0.39 is 22.1 Å². The van der Waals surface area contributed by atoms with E-state index in [0.717, 1.165) is 11.3 Å². The van der Waals surface area contributed by atoms with Gasteiger partial charge in [0, 0.05) is 18.9 Å². The molecule has 0 spiro atoms. The van der Waals surface area contributed by atoms with E-state index in [2.05, 4.69) is 14.7 Å². The number of hydrogen-bond acceptors (Lipinski definition) is 6. The molecule has 0 atom stereocenters. The van der Waals surface area contributed by atoms with Crippen molar-refractivity contribution in [1.82, 2.24) is 25.1 Å². The largest absolute Gasteiger partial charge is 0.472 e. The summed E-state index contributed by atoms with van der Waals surface area (Å²) in [7, 11) is -3.37. The molecule has 2 heterocycles. The van der Waals surface area contributed by atoms with Gasteiger partial charge < -0.3 is 0 Å². The fourth-order valence-electron chi connectivity index (χ4n) is 2.11. The highest BCUT2D eigenvalue weighted by molar-refractivity contribution is 7.88. The summed E-state index contributed by atoms with van der Waals surface area (Å²) in [5.74, 6) is -2.09. The van der Waals surface area contributed by atoms with E-state index >= 15 is 0 Å². The first-order chi connectivity index (χ1) is 13.0. The molecule has 0 fully saturated rings. The number of alkyl halides is 3. The Kier molecular flexibility index (Phi) is 7.05. The number of amides is 1. The minimum Gasteiger partial charge on any atom is -0.280 e. The predicted molar refractivity (Wildman–Crippen MR) is 93.6 cm³/mol. The Labute approximate surface area is 159 Å². The van der Waals surface area contributed by atoms with Crippen molar-refractivity contribution in [3.05, 3.63) is 59.7 Å². The van der Waals surface area contributed by atoms with Crippen molar-refractivity contribution in [1.29, 1.82) is 0 Å². The molecule has 152 valence electrons. The van der Waals surface area contributed by atoms with Crippen LogP contribution < -0.4 is 10.1 Å².